The number of nitrogens with one attached hydrogen (secondary N) is 1. The van der Waals surface area contributed by atoms with Gasteiger partial charge in [-0.05, 0) is 48.9 Å². The van der Waals surface area contributed by atoms with E-state index in [0.29, 0.717) is 54.1 Å². The van der Waals surface area contributed by atoms with Gasteiger partial charge in [0.15, 0.2) is 5.76 Å². The second kappa shape index (κ2) is 10.3. The highest BCUT2D eigenvalue weighted by Gasteiger charge is 2.23. The predicted molar refractivity (Wildman–Crippen MR) is 132 cm³/mol. The molecule has 0 radical (unpaired) electrons. The van der Waals surface area contributed by atoms with Crippen molar-refractivity contribution in [1.29, 1.82) is 0 Å². The summed E-state index contributed by atoms with van der Waals surface area (Å²) in [6, 6.07) is 16.0. The lowest BCUT2D eigenvalue weighted by atomic mass is 10.2. The van der Waals surface area contributed by atoms with Gasteiger partial charge in [-0.15, -0.1) is 0 Å². The Morgan fingerprint density at radius 2 is 1.73 bits per heavy atom. The minimum atomic E-state index is -0.372. The van der Waals surface area contributed by atoms with Crippen molar-refractivity contribution in [3.63, 3.8) is 0 Å². The molecule has 0 saturated carbocycles. The maximum Gasteiger partial charge on any atom is 0.291 e. The molecule has 33 heavy (non-hydrogen) atoms. The van der Waals surface area contributed by atoms with Gasteiger partial charge < -0.3 is 19.5 Å². The maximum absolute atomic E-state index is 12.9. The van der Waals surface area contributed by atoms with Gasteiger partial charge in [0.05, 0.1) is 11.4 Å². The van der Waals surface area contributed by atoms with Crippen LogP contribution < -0.4 is 10.2 Å². The van der Waals surface area contributed by atoms with E-state index < -0.39 is 0 Å². The average Bonchev–Trinajstić information content (AvgIpc) is 3.30. The molecule has 0 aliphatic carbocycles. The fourth-order valence-electron chi connectivity index (χ4n) is 3.89. The van der Waals surface area contributed by atoms with Gasteiger partial charge in [-0.1, -0.05) is 42.3 Å². The summed E-state index contributed by atoms with van der Waals surface area (Å²) in [4.78, 5) is 29.2. The van der Waals surface area contributed by atoms with Crippen molar-refractivity contribution in [2.24, 2.45) is 0 Å². The largest absolute Gasteiger partial charge is 0.451 e. The van der Waals surface area contributed by atoms with Crippen molar-refractivity contribution in [2.45, 2.75) is 19.8 Å². The van der Waals surface area contributed by atoms with Crippen molar-refractivity contribution in [3.8, 4) is 11.3 Å². The number of benzene rings is 2. The van der Waals surface area contributed by atoms with E-state index in [4.69, 9.17) is 27.6 Å². The molecule has 0 spiro atoms. The number of amides is 2. The average molecular weight is 486 g/mol. The smallest absolute Gasteiger partial charge is 0.291 e. The van der Waals surface area contributed by atoms with Crippen LogP contribution in [0.5, 0.6) is 0 Å². The minimum Gasteiger partial charge on any atom is -0.451 e. The molecule has 8 heteroatoms. The maximum atomic E-state index is 12.9. The number of carbonyl (C=O) groups is 2. The van der Waals surface area contributed by atoms with Gasteiger partial charge in [0.25, 0.3) is 5.91 Å². The molecule has 0 unspecified atom stereocenters. The third-order valence-corrected chi connectivity index (χ3v) is 6.05. The molecule has 1 N–H and O–H groups in total. The monoisotopic (exact) mass is 485 g/mol. The Kier molecular flexibility index (Phi) is 7.26. The molecule has 2 aromatic carbocycles. The first-order valence-electron chi connectivity index (χ1n) is 10.9. The highest BCUT2D eigenvalue weighted by molar-refractivity contribution is 6.31. The number of nitrogens with zero attached hydrogens (tertiary/aromatic N) is 2. The van der Waals surface area contributed by atoms with E-state index >= 15 is 0 Å². The number of carbonyl (C=O) groups excluding carboxylic acids is 2. The van der Waals surface area contributed by atoms with E-state index in [1.165, 1.54) is 0 Å². The summed E-state index contributed by atoms with van der Waals surface area (Å²) in [6.45, 7) is 4.67. The Morgan fingerprint density at radius 3 is 2.45 bits per heavy atom. The molecule has 2 amide bonds. The van der Waals surface area contributed by atoms with Gasteiger partial charge in [0.1, 0.15) is 5.76 Å². The number of piperazine rings is 1. The Hall–Kier alpha value is -2.96. The summed E-state index contributed by atoms with van der Waals surface area (Å²) in [5, 5.41) is 4.04. The second-order valence-electron chi connectivity index (χ2n) is 7.91. The highest BCUT2D eigenvalue weighted by atomic mass is 35.5. The number of hydrogen-bond acceptors (Lipinski definition) is 4. The van der Waals surface area contributed by atoms with Crippen LogP contribution in [0, 0.1) is 0 Å². The van der Waals surface area contributed by atoms with Crippen LogP contribution in [0.15, 0.2) is 59.0 Å². The van der Waals surface area contributed by atoms with Crippen LogP contribution in [-0.4, -0.2) is 42.9 Å². The van der Waals surface area contributed by atoms with Crippen molar-refractivity contribution in [2.75, 3.05) is 36.4 Å². The first kappa shape index (κ1) is 23.2. The molecule has 172 valence electrons. The SMILES string of the molecule is CCCC(=O)N1CCN(c2ccc(Cl)cc2NC(=O)c2ccc(-c3cccc(Cl)c3)o2)CC1. The molecule has 4 rings (SSSR count). The highest BCUT2D eigenvalue weighted by Crippen LogP contribution is 2.31. The molecule has 2 heterocycles. The topological polar surface area (TPSA) is 65.8 Å². The summed E-state index contributed by atoms with van der Waals surface area (Å²) >= 11 is 12.3. The van der Waals surface area contributed by atoms with Gasteiger partial charge in [0, 0.05) is 48.2 Å². The molecule has 1 saturated heterocycles. The van der Waals surface area contributed by atoms with E-state index in [1.54, 1.807) is 36.4 Å². The molecule has 3 aromatic rings. The van der Waals surface area contributed by atoms with E-state index in [0.717, 1.165) is 17.7 Å². The Labute approximate surface area is 203 Å². The number of hydrogen-bond donors (Lipinski definition) is 1. The quantitative estimate of drug-likeness (QED) is 0.468. The molecule has 1 fully saturated rings. The summed E-state index contributed by atoms with van der Waals surface area (Å²) in [5.74, 6) is 0.561. The van der Waals surface area contributed by atoms with Crippen LogP contribution in [0.2, 0.25) is 10.0 Å². The van der Waals surface area contributed by atoms with E-state index in [2.05, 4.69) is 10.2 Å². The number of halogens is 2. The zero-order valence-electron chi connectivity index (χ0n) is 18.3. The van der Waals surface area contributed by atoms with Crippen molar-refractivity contribution in [1.82, 2.24) is 4.90 Å². The van der Waals surface area contributed by atoms with Gasteiger partial charge >= 0.3 is 0 Å². The van der Waals surface area contributed by atoms with Crippen LogP contribution in [0.25, 0.3) is 11.3 Å². The third-order valence-electron chi connectivity index (χ3n) is 5.58. The standard InChI is InChI=1S/C25H25Cl2N3O3/c1-2-4-24(31)30-13-11-29(12-14-30)21-8-7-19(27)16-20(21)28-25(32)23-10-9-22(33-23)17-5-3-6-18(26)15-17/h3,5-10,15-16H,2,4,11-14H2,1H3,(H,28,32). The molecular formula is C25H25Cl2N3O3. The summed E-state index contributed by atoms with van der Waals surface area (Å²) in [7, 11) is 0. The lowest BCUT2D eigenvalue weighted by Gasteiger charge is -2.37. The van der Waals surface area contributed by atoms with Gasteiger partial charge in [-0.25, -0.2) is 0 Å². The van der Waals surface area contributed by atoms with Gasteiger partial charge in [0.2, 0.25) is 5.91 Å². The van der Waals surface area contributed by atoms with E-state index in [-0.39, 0.29) is 17.6 Å². The normalized spacial score (nSPS) is 13.8. The summed E-state index contributed by atoms with van der Waals surface area (Å²) < 4.78 is 5.78. The predicted octanol–water partition coefficient (Wildman–Crippen LogP) is 5.95. The summed E-state index contributed by atoms with van der Waals surface area (Å²) in [5.41, 5.74) is 2.25. The van der Waals surface area contributed by atoms with Gasteiger partial charge in [-0.2, -0.15) is 0 Å². The lowest BCUT2D eigenvalue weighted by Crippen LogP contribution is -2.48. The van der Waals surface area contributed by atoms with Crippen LogP contribution >= 0.6 is 23.2 Å². The first-order valence-corrected chi connectivity index (χ1v) is 11.7. The molecule has 6 nitrogen and oxygen atoms in total. The molecule has 1 aliphatic rings. The summed E-state index contributed by atoms with van der Waals surface area (Å²) in [6.07, 6.45) is 1.42. The molecule has 0 atom stereocenters. The zero-order chi connectivity index (χ0) is 23.4. The lowest BCUT2D eigenvalue weighted by molar-refractivity contribution is -0.131. The first-order chi connectivity index (χ1) is 15.9. The molecule has 1 aromatic heterocycles. The number of rotatable bonds is 6. The molecule has 0 bridgehead atoms. The van der Waals surface area contributed by atoms with Crippen molar-refractivity contribution in [3.05, 3.63) is 70.4 Å². The van der Waals surface area contributed by atoms with Crippen LogP contribution in [-0.2, 0) is 4.79 Å². The Bertz CT molecular complexity index is 1150. The van der Waals surface area contributed by atoms with Crippen LogP contribution in [0.1, 0.15) is 30.3 Å². The number of anilines is 2. The third kappa shape index (κ3) is 5.52. The minimum absolute atomic E-state index is 0.186. The van der Waals surface area contributed by atoms with Crippen molar-refractivity contribution >= 4 is 46.4 Å². The number of furan rings is 1. The fourth-order valence-corrected chi connectivity index (χ4v) is 4.26. The Balaban J connectivity index is 1.48. The molecule has 1 aliphatic heterocycles. The molecular weight excluding hydrogens is 461 g/mol. The zero-order valence-corrected chi connectivity index (χ0v) is 19.8. The second-order valence-corrected chi connectivity index (χ2v) is 8.78. The van der Waals surface area contributed by atoms with Gasteiger partial charge in [-0.3, -0.25) is 9.59 Å². The van der Waals surface area contributed by atoms with Crippen LogP contribution in [0.3, 0.4) is 0 Å². The van der Waals surface area contributed by atoms with Crippen molar-refractivity contribution < 1.29 is 14.0 Å². The fraction of sp³-hybridized carbons (Fsp3) is 0.280. The van der Waals surface area contributed by atoms with E-state index in [9.17, 15) is 9.59 Å². The van der Waals surface area contributed by atoms with Crippen LogP contribution in [0.4, 0.5) is 11.4 Å². The Morgan fingerprint density at radius 1 is 0.970 bits per heavy atom. The van der Waals surface area contributed by atoms with E-state index in [1.807, 2.05) is 30.0 Å².